The summed E-state index contributed by atoms with van der Waals surface area (Å²) in [4.78, 5) is 11.6. The van der Waals surface area contributed by atoms with Crippen LogP contribution in [0.1, 0.15) is 63.8 Å². The molecule has 0 bridgehead atoms. The third kappa shape index (κ3) is 6.30. The summed E-state index contributed by atoms with van der Waals surface area (Å²) in [6.07, 6.45) is 6.53. The van der Waals surface area contributed by atoms with Crippen LogP contribution in [0.2, 0.25) is 14.8 Å². The Labute approximate surface area is 202 Å². The van der Waals surface area contributed by atoms with Crippen molar-refractivity contribution >= 4 is 66.7 Å². The summed E-state index contributed by atoms with van der Waals surface area (Å²) in [6.45, 7) is 10.8. The first kappa shape index (κ1) is 26.3. The molecule has 0 aliphatic heterocycles. The maximum absolute atomic E-state index is 4.95. The van der Waals surface area contributed by atoms with Gasteiger partial charge in [-0.15, -0.1) is 0 Å². The van der Waals surface area contributed by atoms with Crippen LogP contribution in [0.3, 0.4) is 0 Å². The predicted molar refractivity (Wildman–Crippen MR) is 148 cm³/mol. The van der Waals surface area contributed by atoms with Crippen LogP contribution in [-0.2, 0) is 6.42 Å². The molecule has 1 aromatic carbocycles. The Kier molecular flexibility index (Phi) is 10.3. The van der Waals surface area contributed by atoms with Gasteiger partial charge in [0.1, 0.15) is 0 Å². The topological polar surface area (TPSA) is 0 Å². The molecule has 0 spiro atoms. The van der Waals surface area contributed by atoms with Crippen molar-refractivity contribution < 1.29 is 0 Å². The SMILES string of the molecule is CC.CCCCC(CC)Cc1ccc(-c2c(S)c(C)cc3s[c]([Sn]([CH3])([CH3])[CH3])cc23)s1. The van der Waals surface area contributed by atoms with E-state index >= 15 is 0 Å². The van der Waals surface area contributed by atoms with Gasteiger partial charge < -0.3 is 0 Å². The average Bonchev–Trinajstić information content (AvgIpc) is 3.34. The van der Waals surface area contributed by atoms with E-state index in [9.17, 15) is 0 Å². The molecule has 0 saturated carbocycles. The Hall–Kier alpha value is 0.0287. The second kappa shape index (κ2) is 11.8. The molecule has 0 nitrogen and oxygen atoms in total. The van der Waals surface area contributed by atoms with Gasteiger partial charge in [-0.05, 0) is 0 Å². The average molecular weight is 568 g/mol. The zero-order valence-electron chi connectivity index (χ0n) is 20.2. The quantitative estimate of drug-likeness (QED) is 0.203. The Balaban J connectivity index is 0.00000155. The Morgan fingerprint density at radius 2 is 1.73 bits per heavy atom. The summed E-state index contributed by atoms with van der Waals surface area (Å²) < 4.78 is 3.10. The molecule has 0 amide bonds. The first-order chi connectivity index (χ1) is 14.2. The fraction of sp³-hybridized carbons (Fsp3) is 0.538. The number of benzene rings is 1. The zero-order valence-corrected chi connectivity index (χ0v) is 25.6. The van der Waals surface area contributed by atoms with Crippen molar-refractivity contribution in [3.63, 3.8) is 0 Å². The van der Waals surface area contributed by atoms with Crippen LogP contribution in [-0.4, -0.2) is 18.4 Å². The summed E-state index contributed by atoms with van der Waals surface area (Å²) in [5.74, 6) is 0.821. The molecule has 0 N–H and O–H groups in total. The molecule has 4 heteroatoms. The van der Waals surface area contributed by atoms with E-state index in [0.717, 1.165) is 10.8 Å². The molecule has 0 aliphatic carbocycles. The van der Waals surface area contributed by atoms with E-state index in [1.54, 1.807) is 2.89 Å². The summed E-state index contributed by atoms with van der Waals surface area (Å²) in [6, 6.07) is 9.56. The molecule has 30 heavy (non-hydrogen) atoms. The standard InChI is InChI=1S/C21H25S3.C2H6.3CH3.Sn/c1-4-6-7-15(5-2)13-16-8-9-18(24-16)20-17-10-11-23-19(17)12-14(3)21(20)22;1-2;;;;/h8-10,12,15,22H,4-7,13H2,1-3H3;1-2H3;3*1H3;. The van der Waals surface area contributed by atoms with E-state index < -0.39 is 18.4 Å². The molecule has 2 heterocycles. The van der Waals surface area contributed by atoms with Gasteiger partial charge in [0, 0.05) is 0 Å². The molecule has 0 saturated heterocycles. The number of unbranched alkanes of at least 4 members (excludes halogenated alkanes) is 1. The summed E-state index contributed by atoms with van der Waals surface area (Å²) in [7, 11) is 0. The van der Waals surface area contributed by atoms with E-state index in [0.29, 0.717) is 0 Å². The predicted octanol–water partition coefficient (Wildman–Crippen LogP) is 9.56. The number of thiol groups is 1. The Bertz CT molecular complexity index is 943. The zero-order chi connectivity index (χ0) is 22.5. The molecule has 3 aromatic rings. The van der Waals surface area contributed by atoms with Crippen LogP contribution in [0, 0.1) is 12.8 Å². The van der Waals surface area contributed by atoms with E-state index in [1.165, 1.54) is 63.1 Å². The van der Waals surface area contributed by atoms with Crippen LogP contribution < -0.4 is 2.89 Å². The van der Waals surface area contributed by atoms with E-state index in [1.807, 2.05) is 36.5 Å². The minimum absolute atomic E-state index is 0.821. The van der Waals surface area contributed by atoms with Crippen LogP contribution in [0.4, 0.5) is 0 Å². The van der Waals surface area contributed by atoms with Crippen LogP contribution in [0.5, 0.6) is 0 Å². The molecular formula is C26H40S3Sn. The van der Waals surface area contributed by atoms with Gasteiger partial charge >= 0.3 is 183 Å². The number of thiophene rings is 2. The molecule has 0 fully saturated rings. The molecule has 3 rings (SSSR count). The first-order valence-corrected chi connectivity index (χ1v) is 23.7. The summed E-state index contributed by atoms with van der Waals surface area (Å²) >= 11 is 6.90. The molecule has 1 unspecified atom stereocenters. The molecule has 166 valence electrons. The Morgan fingerprint density at radius 1 is 1.03 bits per heavy atom. The van der Waals surface area contributed by atoms with Gasteiger partial charge in [-0.1, -0.05) is 20.8 Å². The number of aryl methyl sites for hydroxylation is 1. The van der Waals surface area contributed by atoms with Crippen LogP contribution in [0.15, 0.2) is 29.2 Å². The van der Waals surface area contributed by atoms with Gasteiger partial charge in [-0.2, -0.15) is 0 Å². The number of hydrogen-bond acceptors (Lipinski definition) is 3. The van der Waals surface area contributed by atoms with Gasteiger partial charge in [-0.3, -0.25) is 0 Å². The number of rotatable bonds is 8. The van der Waals surface area contributed by atoms with E-state index in [2.05, 4.69) is 59.9 Å². The Morgan fingerprint density at radius 3 is 2.33 bits per heavy atom. The van der Waals surface area contributed by atoms with Crippen molar-refractivity contribution in [1.82, 2.24) is 0 Å². The van der Waals surface area contributed by atoms with Crippen molar-refractivity contribution in [1.29, 1.82) is 0 Å². The van der Waals surface area contributed by atoms with Gasteiger partial charge in [0.25, 0.3) is 0 Å². The van der Waals surface area contributed by atoms with Crippen molar-refractivity contribution in [3.8, 4) is 10.4 Å². The molecule has 1 atom stereocenters. The third-order valence-corrected chi connectivity index (χ3v) is 17.9. The van der Waals surface area contributed by atoms with Gasteiger partial charge in [0.15, 0.2) is 0 Å². The second-order valence-electron chi connectivity index (χ2n) is 9.08. The van der Waals surface area contributed by atoms with Crippen molar-refractivity contribution in [2.45, 2.75) is 86.4 Å². The van der Waals surface area contributed by atoms with E-state index in [4.69, 9.17) is 12.6 Å². The maximum atomic E-state index is 4.95. The number of hydrogen-bond donors (Lipinski definition) is 1. The molecule has 2 aromatic heterocycles. The fourth-order valence-corrected chi connectivity index (χ4v) is 11.8. The van der Waals surface area contributed by atoms with Crippen LogP contribution >= 0.6 is 35.3 Å². The van der Waals surface area contributed by atoms with Gasteiger partial charge in [-0.25, -0.2) is 0 Å². The molecular weight excluding hydrogens is 527 g/mol. The monoisotopic (exact) mass is 568 g/mol. The van der Waals surface area contributed by atoms with Crippen molar-refractivity contribution in [3.05, 3.63) is 34.7 Å². The normalized spacial score (nSPS) is 12.7. The molecule has 0 radical (unpaired) electrons. The third-order valence-electron chi connectivity index (χ3n) is 5.67. The van der Waals surface area contributed by atoms with E-state index in [-0.39, 0.29) is 0 Å². The minimum atomic E-state index is -2.08. The first-order valence-electron chi connectivity index (χ1n) is 11.6. The van der Waals surface area contributed by atoms with Crippen molar-refractivity contribution in [2.75, 3.05) is 0 Å². The summed E-state index contributed by atoms with van der Waals surface area (Å²) in [5, 5.41) is 1.42. The van der Waals surface area contributed by atoms with Crippen molar-refractivity contribution in [2.24, 2.45) is 5.92 Å². The van der Waals surface area contributed by atoms with Gasteiger partial charge in [0.05, 0.1) is 0 Å². The molecule has 0 aliphatic rings. The van der Waals surface area contributed by atoms with Gasteiger partial charge in [0.2, 0.25) is 0 Å². The second-order valence-corrected chi connectivity index (χ2v) is 27.2. The number of fused-ring (bicyclic) bond motifs is 1. The van der Waals surface area contributed by atoms with Crippen LogP contribution in [0.25, 0.3) is 20.5 Å². The summed E-state index contributed by atoms with van der Waals surface area (Å²) in [5.41, 5.74) is 2.67. The fourth-order valence-electron chi connectivity index (χ4n) is 3.77.